The lowest BCUT2D eigenvalue weighted by atomic mass is 10.2. The minimum Gasteiger partial charge on any atom is -0.497 e. The minimum absolute atomic E-state index is 0.266. The molecule has 0 spiro atoms. The van der Waals surface area contributed by atoms with Crippen molar-refractivity contribution in [2.24, 2.45) is 0 Å². The quantitative estimate of drug-likeness (QED) is 0.779. The van der Waals surface area contributed by atoms with Gasteiger partial charge in [0, 0.05) is 6.07 Å². The van der Waals surface area contributed by atoms with Crippen LogP contribution in [0.1, 0.15) is 5.56 Å². The maximum absolute atomic E-state index is 13.7. The molecule has 5 heteroatoms. The lowest BCUT2D eigenvalue weighted by Crippen LogP contribution is -2.01. The van der Waals surface area contributed by atoms with Gasteiger partial charge < -0.3 is 10.5 Å². The SMILES string of the molecule is COc1ccc2c(c1)nc(N)n2-c1ccc(C)c(F)c1. The Kier molecular flexibility index (Phi) is 2.82. The fourth-order valence-corrected chi connectivity index (χ4v) is 2.20. The summed E-state index contributed by atoms with van der Waals surface area (Å²) in [6.07, 6.45) is 0. The third-order valence-electron chi connectivity index (χ3n) is 3.30. The van der Waals surface area contributed by atoms with Crippen molar-refractivity contribution in [1.82, 2.24) is 9.55 Å². The van der Waals surface area contributed by atoms with Crippen molar-refractivity contribution in [3.05, 3.63) is 47.8 Å². The Morgan fingerprint density at radius 1 is 1.20 bits per heavy atom. The topological polar surface area (TPSA) is 53.1 Å². The second kappa shape index (κ2) is 4.52. The summed E-state index contributed by atoms with van der Waals surface area (Å²) in [5, 5.41) is 0. The Balaban J connectivity index is 2.24. The van der Waals surface area contributed by atoms with Crippen LogP contribution in [0.2, 0.25) is 0 Å². The van der Waals surface area contributed by atoms with E-state index in [0.717, 1.165) is 5.52 Å². The van der Waals surface area contributed by atoms with Crippen molar-refractivity contribution in [2.75, 3.05) is 12.8 Å². The summed E-state index contributed by atoms with van der Waals surface area (Å²) in [6.45, 7) is 1.72. The monoisotopic (exact) mass is 271 g/mol. The molecule has 0 amide bonds. The Morgan fingerprint density at radius 2 is 2.00 bits per heavy atom. The molecule has 0 bridgehead atoms. The molecule has 0 aliphatic rings. The average Bonchev–Trinajstić information content (AvgIpc) is 2.76. The number of aromatic nitrogens is 2. The minimum atomic E-state index is -0.266. The highest BCUT2D eigenvalue weighted by atomic mass is 19.1. The van der Waals surface area contributed by atoms with Crippen molar-refractivity contribution in [2.45, 2.75) is 6.92 Å². The summed E-state index contributed by atoms with van der Waals surface area (Å²) in [7, 11) is 1.59. The molecule has 2 aromatic carbocycles. The summed E-state index contributed by atoms with van der Waals surface area (Å²) in [5.41, 5.74) is 8.72. The van der Waals surface area contributed by atoms with E-state index < -0.39 is 0 Å². The van der Waals surface area contributed by atoms with E-state index in [0.29, 0.717) is 28.5 Å². The number of rotatable bonds is 2. The number of hydrogen-bond donors (Lipinski definition) is 1. The molecule has 0 atom stereocenters. The zero-order chi connectivity index (χ0) is 14.3. The van der Waals surface area contributed by atoms with Crippen LogP contribution in [0.4, 0.5) is 10.3 Å². The number of fused-ring (bicyclic) bond motifs is 1. The largest absolute Gasteiger partial charge is 0.497 e. The zero-order valence-corrected chi connectivity index (χ0v) is 11.2. The van der Waals surface area contributed by atoms with Gasteiger partial charge in [0.2, 0.25) is 5.95 Å². The van der Waals surface area contributed by atoms with Crippen molar-refractivity contribution in [3.63, 3.8) is 0 Å². The van der Waals surface area contributed by atoms with Crippen LogP contribution in [0.15, 0.2) is 36.4 Å². The summed E-state index contributed by atoms with van der Waals surface area (Å²) in [4.78, 5) is 4.29. The van der Waals surface area contributed by atoms with Crippen LogP contribution in [0.3, 0.4) is 0 Å². The number of benzene rings is 2. The maximum atomic E-state index is 13.7. The van der Waals surface area contributed by atoms with E-state index in [9.17, 15) is 4.39 Å². The van der Waals surface area contributed by atoms with Gasteiger partial charge in [-0.25, -0.2) is 9.37 Å². The van der Waals surface area contributed by atoms with E-state index in [2.05, 4.69) is 4.98 Å². The molecule has 0 saturated heterocycles. The first-order valence-electron chi connectivity index (χ1n) is 6.18. The third kappa shape index (κ3) is 1.87. The van der Waals surface area contributed by atoms with Gasteiger partial charge in [0.15, 0.2) is 0 Å². The van der Waals surface area contributed by atoms with Gasteiger partial charge in [-0.1, -0.05) is 6.07 Å². The van der Waals surface area contributed by atoms with E-state index >= 15 is 0 Å². The highest BCUT2D eigenvalue weighted by Crippen LogP contribution is 2.26. The van der Waals surface area contributed by atoms with Crippen molar-refractivity contribution in [1.29, 1.82) is 0 Å². The first kappa shape index (κ1) is 12.5. The lowest BCUT2D eigenvalue weighted by Gasteiger charge is -2.08. The molecule has 0 saturated carbocycles. The predicted octanol–water partition coefficient (Wildman–Crippen LogP) is 3.06. The van der Waals surface area contributed by atoms with Gasteiger partial charge in [-0.3, -0.25) is 4.57 Å². The fourth-order valence-electron chi connectivity index (χ4n) is 2.20. The molecule has 102 valence electrons. The van der Waals surface area contributed by atoms with Gasteiger partial charge in [-0.15, -0.1) is 0 Å². The van der Waals surface area contributed by atoms with Crippen molar-refractivity contribution >= 4 is 17.0 Å². The summed E-state index contributed by atoms with van der Waals surface area (Å²) in [6, 6.07) is 10.5. The number of imidazole rings is 1. The third-order valence-corrected chi connectivity index (χ3v) is 3.30. The normalized spacial score (nSPS) is 10.9. The summed E-state index contributed by atoms with van der Waals surface area (Å²) >= 11 is 0. The van der Waals surface area contributed by atoms with Gasteiger partial charge in [0.25, 0.3) is 0 Å². The van der Waals surface area contributed by atoms with Gasteiger partial charge in [0.05, 0.1) is 23.8 Å². The fraction of sp³-hybridized carbons (Fsp3) is 0.133. The standard InChI is InChI=1S/C15H14FN3O/c1-9-3-4-10(7-12(9)16)19-14-6-5-11(20-2)8-13(14)18-15(19)17/h3-8H,1-2H3,(H2,17,18). The van der Waals surface area contributed by atoms with E-state index in [1.165, 1.54) is 6.07 Å². The predicted molar refractivity (Wildman–Crippen MR) is 76.7 cm³/mol. The average molecular weight is 271 g/mol. The number of anilines is 1. The Labute approximate surface area is 115 Å². The molecule has 2 N–H and O–H groups in total. The van der Waals surface area contributed by atoms with E-state index in [4.69, 9.17) is 10.5 Å². The molecule has 1 heterocycles. The maximum Gasteiger partial charge on any atom is 0.205 e. The number of nitrogens with zero attached hydrogens (tertiary/aromatic N) is 2. The lowest BCUT2D eigenvalue weighted by molar-refractivity contribution is 0.415. The number of hydrogen-bond acceptors (Lipinski definition) is 3. The molecule has 20 heavy (non-hydrogen) atoms. The van der Waals surface area contributed by atoms with Gasteiger partial charge in [0.1, 0.15) is 11.6 Å². The molecular formula is C15H14FN3O. The highest BCUT2D eigenvalue weighted by molar-refractivity contribution is 5.82. The first-order chi connectivity index (χ1) is 9.60. The molecule has 1 aromatic heterocycles. The number of methoxy groups -OCH3 is 1. The van der Waals surface area contributed by atoms with E-state index in [-0.39, 0.29) is 5.82 Å². The van der Waals surface area contributed by atoms with Crippen LogP contribution in [-0.4, -0.2) is 16.7 Å². The molecule has 4 nitrogen and oxygen atoms in total. The number of halogens is 1. The van der Waals surface area contributed by atoms with E-state index in [1.54, 1.807) is 30.7 Å². The number of nitrogens with two attached hydrogens (primary N) is 1. The summed E-state index contributed by atoms with van der Waals surface area (Å²) in [5.74, 6) is 0.756. The second-order valence-corrected chi connectivity index (χ2v) is 4.59. The molecule has 0 aliphatic carbocycles. The zero-order valence-electron chi connectivity index (χ0n) is 11.2. The Morgan fingerprint density at radius 3 is 2.70 bits per heavy atom. The number of ether oxygens (including phenoxy) is 1. The van der Waals surface area contributed by atoms with Gasteiger partial charge in [-0.05, 0) is 36.8 Å². The molecule has 0 aliphatic heterocycles. The molecular weight excluding hydrogens is 257 g/mol. The van der Waals surface area contributed by atoms with Crippen molar-refractivity contribution in [3.8, 4) is 11.4 Å². The molecule has 0 fully saturated rings. The van der Waals surface area contributed by atoms with Crippen LogP contribution >= 0.6 is 0 Å². The molecule has 0 unspecified atom stereocenters. The van der Waals surface area contributed by atoms with Gasteiger partial charge >= 0.3 is 0 Å². The Bertz CT molecular complexity index is 795. The van der Waals surface area contributed by atoms with Crippen LogP contribution in [-0.2, 0) is 0 Å². The first-order valence-corrected chi connectivity index (χ1v) is 6.18. The number of nitrogen functional groups attached to an aromatic ring is 1. The molecule has 0 radical (unpaired) electrons. The van der Waals surface area contributed by atoms with Crippen LogP contribution in [0, 0.1) is 12.7 Å². The smallest absolute Gasteiger partial charge is 0.205 e. The van der Waals surface area contributed by atoms with Crippen LogP contribution in [0.5, 0.6) is 5.75 Å². The van der Waals surface area contributed by atoms with Crippen LogP contribution in [0.25, 0.3) is 16.7 Å². The molecule has 3 aromatic rings. The summed E-state index contributed by atoms with van der Waals surface area (Å²) < 4.78 is 20.6. The second-order valence-electron chi connectivity index (χ2n) is 4.59. The van der Waals surface area contributed by atoms with Crippen LogP contribution < -0.4 is 10.5 Å². The van der Waals surface area contributed by atoms with E-state index in [1.807, 2.05) is 18.2 Å². The van der Waals surface area contributed by atoms with Crippen molar-refractivity contribution < 1.29 is 9.13 Å². The van der Waals surface area contributed by atoms with Gasteiger partial charge in [-0.2, -0.15) is 0 Å². The highest BCUT2D eigenvalue weighted by Gasteiger charge is 2.12. The molecule has 3 rings (SSSR count). The Hall–Kier alpha value is -2.56. The number of aryl methyl sites for hydroxylation is 1.